The van der Waals surface area contributed by atoms with Gasteiger partial charge in [-0.05, 0) is 13.3 Å². The van der Waals surface area contributed by atoms with Crippen LogP contribution in [0.25, 0.3) is 0 Å². The summed E-state index contributed by atoms with van der Waals surface area (Å²) >= 11 is 0. The molecular formula is C36H60O24. The largest absolute Gasteiger partial charge is 0.481 e. The Morgan fingerprint density at radius 3 is 1.67 bits per heavy atom. The number of rotatable bonds is 19. The van der Waals surface area contributed by atoms with E-state index in [9.17, 15) is 70.6 Å². The van der Waals surface area contributed by atoms with Gasteiger partial charge in [0.25, 0.3) is 0 Å². The molecule has 4 heterocycles. The zero-order valence-corrected chi connectivity index (χ0v) is 33.5. The lowest BCUT2D eigenvalue weighted by Crippen LogP contribution is -2.65. The van der Waals surface area contributed by atoms with E-state index in [1.54, 1.807) is 0 Å². The average Bonchev–Trinajstić information content (AvgIpc) is 3.23. The number of aliphatic hydroxyl groups is 10. The van der Waals surface area contributed by atoms with Gasteiger partial charge in [0.05, 0.1) is 63.7 Å². The van der Waals surface area contributed by atoms with Gasteiger partial charge in [-0.3, -0.25) is 14.4 Å². The van der Waals surface area contributed by atoms with Crippen LogP contribution >= 0.6 is 0 Å². The summed E-state index contributed by atoms with van der Waals surface area (Å²) < 4.78 is 55.6. The molecule has 24 heteroatoms. The minimum Gasteiger partial charge on any atom is -0.481 e. The summed E-state index contributed by atoms with van der Waals surface area (Å²) in [5.41, 5.74) is 0. The highest BCUT2D eigenvalue weighted by Crippen LogP contribution is 2.36. The van der Waals surface area contributed by atoms with Crippen molar-refractivity contribution in [3.8, 4) is 0 Å². The maximum Gasteiger partial charge on any atom is 0.307 e. The first-order valence-corrected chi connectivity index (χ1v) is 19.5. The first-order chi connectivity index (χ1) is 28.5. The van der Waals surface area contributed by atoms with Gasteiger partial charge >= 0.3 is 17.9 Å². The van der Waals surface area contributed by atoms with Gasteiger partial charge in [0.2, 0.25) is 0 Å². The molecule has 4 saturated heterocycles. The Morgan fingerprint density at radius 2 is 1.10 bits per heavy atom. The molecule has 348 valence electrons. The maximum atomic E-state index is 13.3. The zero-order valence-electron chi connectivity index (χ0n) is 33.5. The SMILES string of the molecule is CO[C@@H]1OC(CO)[C@@H](O[C@@H]2OC(CO)[C@@H](C)[C@H](O)C2OC(=O)CC(CCC(=O)OC2C(O)[C@@H](O[C@@H]3C(CO)O[C@@H](C)C(O)[C@H]3O)O[C@@H](CO)[C@@H]2OC)C(=O)O)[C@H](CO)C1O. The fraction of sp³-hybridized carbons (Fsp3) is 0.917. The third kappa shape index (κ3) is 11.4. The lowest BCUT2D eigenvalue weighted by molar-refractivity contribution is -0.349. The molecule has 0 aromatic carbocycles. The van der Waals surface area contributed by atoms with E-state index >= 15 is 0 Å². The normalized spacial score (nSPS) is 42.9. The highest BCUT2D eigenvalue weighted by molar-refractivity contribution is 5.79. The predicted molar refractivity (Wildman–Crippen MR) is 191 cm³/mol. The number of carboxylic acid groups (broad SMARTS) is 1. The second-order valence-corrected chi connectivity index (χ2v) is 15.2. The number of hydrogen-bond donors (Lipinski definition) is 11. The van der Waals surface area contributed by atoms with Gasteiger partial charge in [0.15, 0.2) is 31.1 Å². The van der Waals surface area contributed by atoms with Crippen LogP contribution in [-0.4, -0.2) is 232 Å². The van der Waals surface area contributed by atoms with Crippen molar-refractivity contribution in [3.63, 3.8) is 0 Å². The second kappa shape index (κ2) is 22.9. The lowest BCUT2D eigenvalue weighted by Gasteiger charge is -2.47. The van der Waals surface area contributed by atoms with E-state index in [2.05, 4.69) is 0 Å². The van der Waals surface area contributed by atoms with Crippen molar-refractivity contribution in [2.75, 3.05) is 47.3 Å². The van der Waals surface area contributed by atoms with Crippen LogP contribution in [-0.2, 0) is 61.8 Å². The minimum absolute atomic E-state index is 0.523. The summed E-state index contributed by atoms with van der Waals surface area (Å²) in [5.74, 6) is -7.42. The molecule has 60 heavy (non-hydrogen) atoms. The third-order valence-corrected chi connectivity index (χ3v) is 11.4. The molecule has 0 aliphatic carbocycles. The molecule has 0 spiro atoms. The average molecular weight is 877 g/mol. The highest BCUT2D eigenvalue weighted by Gasteiger charge is 2.54. The van der Waals surface area contributed by atoms with Gasteiger partial charge in [-0.2, -0.15) is 0 Å². The van der Waals surface area contributed by atoms with Gasteiger partial charge < -0.3 is 104 Å². The van der Waals surface area contributed by atoms with Crippen LogP contribution in [0.5, 0.6) is 0 Å². The smallest absolute Gasteiger partial charge is 0.307 e. The number of aliphatic hydroxyl groups excluding tert-OH is 10. The quantitative estimate of drug-likeness (QED) is 0.0538. The molecule has 0 bridgehead atoms. The van der Waals surface area contributed by atoms with Crippen LogP contribution in [0.1, 0.15) is 33.1 Å². The summed E-state index contributed by atoms with van der Waals surface area (Å²) in [5, 5.41) is 114. The van der Waals surface area contributed by atoms with Crippen LogP contribution in [0.4, 0.5) is 0 Å². The van der Waals surface area contributed by atoms with E-state index in [1.807, 2.05) is 0 Å². The van der Waals surface area contributed by atoms with E-state index in [0.29, 0.717) is 0 Å². The summed E-state index contributed by atoms with van der Waals surface area (Å²) in [6, 6.07) is 0. The number of ether oxygens (including phenoxy) is 10. The van der Waals surface area contributed by atoms with E-state index in [4.69, 9.17) is 47.4 Å². The van der Waals surface area contributed by atoms with Crippen molar-refractivity contribution < 1.29 is 118 Å². The van der Waals surface area contributed by atoms with Crippen molar-refractivity contribution in [1.29, 1.82) is 0 Å². The van der Waals surface area contributed by atoms with Gasteiger partial charge in [0, 0.05) is 32.5 Å². The van der Waals surface area contributed by atoms with Gasteiger partial charge in [0.1, 0.15) is 61.0 Å². The van der Waals surface area contributed by atoms with Gasteiger partial charge in [-0.15, -0.1) is 0 Å². The molecule has 21 atom stereocenters. The van der Waals surface area contributed by atoms with E-state index in [0.717, 1.165) is 0 Å². The Hall–Kier alpha value is -2.31. The number of aliphatic carboxylic acids is 1. The van der Waals surface area contributed by atoms with Crippen molar-refractivity contribution >= 4 is 17.9 Å². The number of carbonyl (C=O) groups is 3. The van der Waals surface area contributed by atoms with Crippen LogP contribution in [0.3, 0.4) is 0 Å². The monoisotopic (exact) mass is 876 g/mol. The Labute approximate surface area is 344 Å². The topological polar surface area (TPSA) is 366 Å². The molecule has 11 N–H and O–H groups in total. The first kappa shape index (κ1) is 50.3. The van der Waals surface area contributed by atoms with E-state index < -0.39 is 198 Å². The Bertz CT molecular complexity index is 1360. The number of hydrogen-bond acceptors (Lipinski definition) is 23. The number of carbonyl (C=O) groups excluding carboxylic acids is 2. The number of carboxylic acids is 1. The predicted octanol–water partition coefficient (Wildman–Crippen LogP) is -5.91. The van der Waals surface area contributed by atoms with E-state index in [-0.39, 0.29) is 0 Å². The molecule has 0 saturated carbocycles. The number of esters is 2. The van der Waals surface area contributed by atoms with Crippen molar-refractivity contribution in [3.05, 3.63) is 0 Å². The molecule has 0 aromatic heterocycles. The Kier molecular flexibility index (Phi) is 19.2. The fourth-order valence-electron chi connectivity index (χ4n) is 7.78. The minimum atomic E-state index is -1.87. The standard InChI is InChI=1S/C36H60O24/c1-13-17(9-38)54-36(59-28-16(8-37)25(46)34(52-4)55-18(28)10-39)32(23(13)44)58-22(43)7-15(33(49)50)5-6-21(42)57-31-27(48)35(56-20(12-41)30(31)51-3)60-29-19(11-40)53-14(2)24(45)26(29)47/h13-20,23-32,34-41,44-48H,5-12H2,1-4H3,(H,49,50)/t13-,14+,15?,16-,17?,18?,19?,20+,23+,24?,25?,26-,27?,28+,29-,30+,31?,32?,34-,35-,36+/m1/s1. The summed E-state index contributed by atoms with van der Waals surface area (Å²) in [6.07, 6.45) is -27.8. The molecule has 0 aromatic rings. The molecule has 0 radical (unpaired) electrons. The van der Waals surface area contributed by atoms with Gasteiger partial charge in [-0.1, -0.05) is 6.92 Å². The van der Waals surface area contributed by atoms with Crippen LogP contribution in [0, 0.1) is 17.8 Å². The van der Waals surface area contributed by atoms with Gasteiger partial charge in [-0.25, -0.2) is 0 Å². The van der Waals surface area contributed by atoms with Crippen LogP contribution in [0.15, 0.2) is 0 Å². The van der Waals surface area contributed by atoms with E-state index in [1.165, 1.54) is 28.1 Å². The fourth-order valence-corrected chi connectivity index (χ4v) is 7.78. The summed E-state index contributed by atoms with van der Waals surface area (Å²) in [6.45, 7) is -0.481. The molecular weight excluding hydrogens is 816 g/mol. The first-order valence-electron chi connectivity index (χ1n) is 19.5. The zero-order chi connectivity index (χ0) is 44.6. The number of methoxy groups -OCH3 is 2. The molecule has 24 nitrogen and oxygen atoms in total. The summed E-state index contributed by atoms with van der Waals surface area (Å²) in [7, 11) is 2.40. The Balaban J connectivity index is 1.43. The molecule has 4 aliphatic heterocycles. The summed E-state index contributed by atoms with van der Waals surface area (Å²) in [4.78, 5) is 38.8. The highest BCUT2D eigenvalue weighted by atomic mass is 16.7. The third-order valence-electron chi connectivity index (χ3n) is 11.4. The van der Waals surface area contributed by atoms with Crippen molar-refractivity contribution in [1.82, 2.24) is 0 Å². The van der Waals surface area contributed by atoms with Crippen LogP contribution in [0.2, 0.25) is 0 Å². The lowest BCUT2D eigenvalue weighted by atomic mass is 9.88. The molecule has 0 amide bonds. The molecule has 4 aliphatic rings. The van der Waals surface area contributed by atoms with Crippen molar-refractivity contribution in [2.24, 2.45) is 17.8 Å². The maximum absolute atomic E-state index is 13.3. The molecule has 9 unspecified atom stereocenters. The van der Waals surface area contributed by atoms with Crippen LogP contribution < -0.4 is 0 Å². The Morgan fingerprint density at radius 1 is 0.550 bits per heavy atom. The molecule has 4 fully saturated rings. The molecule has 4 rings (SSSR count). The second-order valence-electron chi connectivity index (χ2n) is 15.2. The van der Waals surface area contributed by atoms with Crippen molar-refractivity contribution in [2.45, 2.75) is 144 Å².